The standard InChI is InChI=1S/C9H14N2O7S2/c1-6-8(5-7(18-6)9(12)13)20(16,17)11-3-2-4-19(10,14)15/h5,11H,2-4H2,1H3,(H,12,13)(H2,10,14,15). The fourth-order valence-corrected chi connectivity index (χ4v) is 3.19. The minimum absolute atomic E-state index is 0.000744. The molecule has 0 unspecified atom stereocenters. The average molecular weight is 326 g/mol. The molecule has 0 atom stereocenters. The van der Waals surface area contributed by atoms with E-state index >= 15 is 0 Å². The highest BCUT2D eigenvalue weighted by atomic mass is 32.2. The Morgan fingerprint density at radius 1 is 1.40 bits per heavy atom. The third-order valence-corrected chi connectivity index (χ3v) is 4.70. The average Bonchev–Trinajstić information content (AvgIpc) is 2.66. The van der Waals surface area contributed by atoms with Gasteiger partial charge in [-0.25, -0.2) is 31.5 Å². The zero-order chi connectivity index (χ0) is 15.6. The first-order valence-electron chi connectivity index (χ1n) is 5.37. The molecule has 0 aromatic carbocycles. The molecule has 1 aromatic rings. The predicted molar refractivity (Wildman–Crippen MR) is 68.2 cm³/mol. The van der Waals surface area contributed by atoms with Gasteiger partial charge in [-0.1, -0.05) is 0 Å². The number of sulfonamides is 2. The Kier molecular flexibility index (Phi) is 4.91. The summed E-state index contributed by atoms with van der Waals surface area (Å²) in [6.45, 7) is 1.16. The van der Waals surface area contributed by atoms with Gasteiger partial charge in [-0.05, 0) is 13.3 Å². The lowest BCUT2D eigenvalue weighted by atomic mass is 10.4. The molecule has 0 aliphatic rings. The number of hydrogen-bond acceptors (Lipinski definition) is 6. The van der Waals surface area contributed by atoms with Crippen LogP contribution in [0.1, 0.15) is 22.7 Å². The smallest absolute Gasteiger partial charge is 0.371 e. The van der Waals surface area contributed by atoms with Crippen molar-refractivity contribution in [1.82, 2.24) is 4.72 Å². The van der Waals surface area contributed by atoms with Gasteiger partial charge in [0.05, 0.1) is 5.75 Å². The first-order chi connectivity index (χ1) is 9.03. The molecule has 0 spiro atoms. The molecule has 20 heavy (non-hydrogen) atoms. The molecular weight excluding hydrogens is 312 g/mol. The van der Waals surface area contributed by atoms with Crippen molar-refractivity contribution in [3.8, 4) is 0 Å². The molecular formula is C9H14N2O7S2. The number of rotatable bonds is 7. The molecule has 4 N–H and O–H groups in total. The number of aromatic carboxylic acids is 1. The lowest BCUT2D eigenvalue weighted by molar-refractivity contribution is 0.0661. The second-order valence-corrected chi connectivity index (χ2v) is 7.42. The maximum absolute atomic E-state index is 11.9. The maximum Gasteiger partial charge on any atom is 0.371 e. The van der Waals surface area contributed by atoms with Gasteiger partial charge in [0.2, 0.25) is 25.8 Å². The van der Waals surface area contributed by atoms with E-state index in [1.807, 2.05) is 0 Å². The number of aryl methyl sites for hydroxylation is 1. The Bertz CT molecular complexity index is 703. The second kappa shape index (κ2) is 5.91. The van der Waals surface area contributed by atoms with Crippen LogP contribution in [-0.2, 0) is 20.0 Å². The highest BCUT2D eigenvalue weighted by Crippen LogP contribution is 2.19. The lowest BCUT2D eigenvalue weighted by Gasteiger charge is -2.04. The summed E-state index contributed by atoms with van der Waals surface area (Å²) < 4.78 is 52.0. The van der Waals surface area contributed by atoms with E-state index in [0.717, 1.165) is 6.07 Å². The van der Waals surface area contributed by atoms with Crippen LogP contribution in [-0.4, -0.2) is 40.2 Å². The molecule has 114 valence electrons. The molecule has 0 bridgehead atoms. The molecule has 1 rings (SSSR count). The predicted octanol–water partition coefficient (Wildman–Crippen LogP) is -0.757. The van der Waals surface area contributed by atoms with E-state index in [0.29, 0.717) is 0 Å². The first kappa shape index (κ1) is 16.6. The third-order valence-electron chi connectivity index (χ3n) is 2.27. The van der Waals surface area contributed by atoms with Crippen molar-refractivity contribution in [1.29, 1.82) is 0 Å². The largest absolute Gasteiger partial charge is 0.475 e. The highest BCUT2D eigenvalue weighted by Gasteiger charge is 2.23. The number of carbonyl (C=O) groups is 1. The summed E-state index contributed by atoms with van der Waals surface area (Å²) >= 11 is 0. The Morgan fingerprint density at radius 3 is 2.45 bits per heavy atom. The van der Waals surface area contributed by atoms with Gasteiger partial charge in [-0.2, -0.15) is 0 Å². The van der Waals surface area contributed by atoms with Crippen molar-refractivity contribution in [2.24, 2.45) is 5.14 Å². The Hall–Kier alpha value is -1.43. The van der Waals surface area contributed by atoms with Gasteiger partial charge in [-0.3, -0.25) is 0 Å². The van der Waals surface area contributed by atoms with Crippen molar-refractivity contribution < 1.29 is 31.2 Å². The van der Waals surface area contributed by atoms with Gasteiger partial charge in [0.15, 0.2) is 0 Å². The van der Waals surface area contributed by atoms with Gasteiger partial charge in [-0.15, -0.1) is 0 Å². The van der Waals surface area contributed by atoms with Gasteiger partial charge in [0, 0.05) is 12.6 Å². The van der Waals surface area contributed by atoms with Crippen LogP contribution >= 0.6 is 0 Å². The number of nitrogens with two attached hydrogens (primary N) is 1. The minimum atomic E-state index is -3.96. The second-order valence-electron chi connectivity index (χ2n) is 3.95. The van der Waals surface area contributed by atoms with Crippen molar-refractivity contribution in [3.63, 3.8) is 0 Å². The van der Waals surface area contributed by atoms with E-state index in [2.05, 4.69) is 4.72 Å². The van der Waals surface area contributed by atoms with Crippen molar-refractivity contribution in [2.75, 3.05) is 12.3 Å². The summed E-state index contributed by atoms with van der Waals surface area (Å²) in [4.78, 5) is 10.4. The number of nitrogens with one attached hydrogen (secondary N) is 1. The van der Waals surface area contributed by atoms with Gasteiger partial charge in [0.1, 0.15) is 10.7 Å². The van der Waals surface area contributed by atoms with E-state index in [9.17, 15) is 21.6 Å². The topological polar surface area (TPSA) is 157 Å². The molecule has 9 nitrogen and oxygen atoms in total. The van der Waals surface area contributed by atoms with Gasteiger partial charge in [0.25, 0.3) is 0 Å². The third kappa shape index (κ3) is 4.59. The highest BCUT2D eigenvalue weighted by molar-refractivity contribution is 7.89. The van der Waals surface area contributed by atoms with Crippen LogP contribution in [0.3, 0.4) is 0 Å². The molecule has 11 heteroatoms. The summed E-state index contributed by atoms with van der Waals surface area (Å²) in [5, 5.41) is 13.5. The monoisotopic (exact) mass is 326 g/mol. The van der Waals surface area contributed by atoms with Crippen LogP contribution in [0.15, 0.2) is 15.4 Å². The van der Waals surface area contributed by atoms with Crippen LogP contribution in [0.4, 0.5) is 0 Å². The van der Waals surface area contributed by atoms with Crippen molar-refractivity contribution >= 4 is 26.0 Å². The molecule has 0 amide bonds. The normalized spacial score (nSPS) is 12.5. The fraction of sp³-hybridized carbons (Fsp3) is 0.444. The van der Waals surface area contributed by atoms with E-state index in [1.54, 1.807) is 0 Å². The first-order valence-corrected chi connectivity index (χ1v) is 8.56. The quantitative estimate of drug-likeness (QED) is 0.556. The Labute approximate surface area is 115 Å². The van der Waals surface area contributed by atoms with Crippen LogP contribution in [0.5, 0.6) is 0 Å². The molecule has 0 aliphatic carbocycles. The van der Waals surface area contributed by atoms with Crippen molar-refractivity contribution in [2.45, 2.75) is 18.2 Å². The summed E-state index contributed by atoms with van der Waals surface area (Å²) in [6, 6.07) is 0.889. The zero-order valence-corrected chi connectivity index (χ0v) is 12.1. The van der Waals surface area contributed by atoms with E-state index in [-0.39, 0.29) is 29.4 Å². The molecule has 1 aromatic heterocycles. The van der Waals surface area contributed by atoms with Crippen LogP contribution in [0.2, 0.25) is 0 Å². The number of primary sulfonamides is 1. The number of carboxylic acid groups (broad SMARTS) is 1. The molecule has 0 radical (unpaired) electrons. The summed E-state index contributed by atoms with van der Waals surface area (Å²) in [5.74, 6) is -2.31. The SMILES string of the molecule is Cc1oc(C(=O)O)cc1S(=O)(=O)NCCCS(N)(=O)=O. The van der Waals surface area contributed by atoms with Crippen LogP contribution in [0.25, 0.3) is 0 Å². The summed E-state index contributed by atoms with van der Waals surface area (Å²) in [5.41, 5.74) is 0. The number of carboxylic acids is 1. The van der Waals surface area contributed by atoms with Crippen LogP contribution in [0, 0.1) is 6.92 Å². The van der Waals surface area contributed by atoms with Crippen LogP contribution < -0.4 is 9.86 Å². The Morgan fingerprint density at radius 2 is 2.00 bits per heavy atom. The molecule has 1 heterocycles. The number of hydrogen-bond donors (Lipinski definition) is 3. The summed E-state index contributed by atoms with van der Waals surface area (Å²) in [6.07, 6.45) is 0.000744. The maximum atomic E-state index is 11.9. The van der Waals surface area contributed by atoms with Crippen molar-refractivity contribution in [3.05, 3.63) is 17.6 Å². The zero-order valence-electron chi connectivity index (χ0n) is 10.5. The van der Waals surface area contributed by atoms with Gasteiger partial charge < -0.3 is 9.52 Å². The fourth-order valence-electron chi connectivity index (χ4n) is 1.40. The van der Waals surface area contributed by atoms with E-state index < -0.39 is 31.8 Å². The summed E-state index contributed by atoms with van der Waals surface area (Å²) in [7, 11) is -7.62. The minimum Gasteiger partial charge on any atom is -0.475 e. The van der Waals surface area contributed by atoms with E-state index in [1.165, 1.54) is 6.92 Å². The number of furan rings is 1. The molecule has 0 fully saturated rings. The van der Waals surface area contributed by atoms with Gasteiger partial charge >= 0.3 is 5.97 Å². The Balaban J connectivity index is 2.77. The molecule has 0 aliphatic heterocycles. The molecule has 0 saturated carbocycles. The lowest BCUT2D eigenvalue weighted by Crippen LogP contribution is -2.27. The van der Waals surface area contributed by atoms with E-state index in [4.69, 9.17) is 14.7 Å². The molecule has 0 saturated heterocycles.